The number of amides is 1. The molecule has 0 atom stereocenters. The van der Waals surface area contributed by atoms with Gasteiger partial charge in [-0.1, -0.05) is 6.07 Å². The van der Waals surface area contributed by atoms with Gasteiger partial charge in [0.15, 0.2) is 11.3 Å². The van der Waals surface area contributed by atoms with Gasteiger partial charge in [0.25, 0.3) is 5.91 Å². The number of rotatable bonds is 3. The van der Waals surface area contributed by atoms with Crippen LogP contribution in [-0.4, -0.2) is 18.0 Å². The fourth-order valence-corrected chi connectivity index (χ4v) is 3.00. The number of alkyl halides is 3. The van der Waals surface area contributed by atoms with Crippen LogP contribution in [0.3, 0.4) is 0 Å². The first kappa shape index (κ1) is 17.8. The van der Waals surface area contributed by atoms with E-state index in [0.717, 1.165) is 12.1 Å². The molecule has 2 aromatic heterocycles. The minimum absolute atomic E-state index is 0.152. The van der Waals surface area contributed by atoms with Gasteiger partial charge in [0.1, 0.15) is 11.4 Å². The van der Waals surface area contributed by atoms with Gasteiger partial charge >= 0.3 is 6.18 Å². The topological polar surface area (TPSA) is 64.4 Å². The summed E-state index contributed by atoms with van der Waals surface area (Å²) in [6.07, 6.45) is -3.00. The van der Waals surface area contributed by atoms with Crippen LogP contribution in [0.4, 0.5) is 19.0 Å². The fraction of sp³-hybridized carbons (Fsp3) is 0.100. The zero-order valence-electron chi connectivity index (χ0n) is 14.5. The Balaban J connectivity index is 1.94. The van der Waals surface area contributed by atoms with E-state index in [9.17, 15) is 18.0 Å². The van der Waals surface area contributed by atoms with Crippen molar-refractivity contribution >= 4 is 33.7 Å². The Hall–Kier alpha value is -3.55. The molecule has 142 valence electrons. The Morgan fingerprint density at radius 2 is 1.96 bits per heavy atom. The number of pyridine rings is 1. The first-order chi connectivity index (χ1) is 13.4. The quantitative estimate of drug-likeness (QED) is 0.522. The molecular formula is C20H13F3N2O3. The summed E-state index contributed by atoms with van der Waals surface area (Å²) in [4.78, 5) is 16.8. The summed E-state index contributed by atoms with van der Waals surface area (Å²) in [5.41, 5.74) is -0.258. The van der Waals surface area contributed by atoms with Crippen LogP contribution in [0.5, 0.6) is 5.75 Å². The van der Waals surface area contributed by atoms with Crippen LogP contribution < -0.4 is 10.1 Å². The summed E-state index contributed by atoms with van der Waals surface area (Å²) in [7, 11) is 1.41. The molecule has 1 N–H and O–H groups in total. The number of fused-ring (bicyclic) bond motifs is 3. The number of nitrogens with one attached hydrogen (secondary N) is 1. The summed E-state index contributed by atoms with van der Waals surface area (Å²) in [5.74, 6) is 0.112. The van der Waals surface area contributed by atoms with Crippen LogP contribution in [0, 0.1) is 0 Å². The van der Waals surface area contributed by atoms with Crippen molar-refractivity contribution < 1.29 is 27.1 Å². The molecule has 0 aliphatic heterocycles. The fourth-order valence-electron chi connectivity index (χ4n) is 3.00. The third kappa shape index (κ3) is 3.02. The molecule has 0 aliphatic carbocycles. The van der Waals surface area contributed by atoms with Crippen molar-refractivity contribution in [2.75, 3.05) is 12.4 Å². The van der Waals surface area contributed by atoms with Gasteiger partial charge in [-0.3, -0.25) is 4.79 Å². The number of halogens is 3. The molecule has 0 saturated heterocycles. The Morgan fingerprint density at radius 3 is 2.64 bits per heavy atom. The number of carbonyl (C=O) groups is 1. The van der Waals surface area contributed by atoms with Crippen molar-refractivity contribution in [3.05, 3.63) is 65.9 Å². The zero-order chi connectivity index (χ0) is 19.9. The number of hydrogen-bond acceptors (Lipinski definition) is 4. The van der Waals surface area contributed by atoms with E-state index in [2.05, 4.69) is 10.3 Å². The predicted octanol–water partition coefficient (Wildman–Crippen LogP) is 5.26. The van der Waals surface area contributed by atoms with Gasteiger partial charge in [-0.15, -0.1) is 0 Å². The number of ether oxygens (including phenoxy) is 1. The van der Waals surface area contributed by atoms with Crippen molar-refractivity contribution in [3.8, 4) is 5.75 Å². The number of methoxy groups -OCH3 is 1. The van der Waals surface area contributed by atoms with E-state index >= 15 is 0 Å². The second-order valence-corrected chi connectivity index (χ2v) is 6.00. The van der Waals surface area contributed by atoms with Crippen molar-refractivity contribution in [1.29, 1.82) is 0 Å². The average molecular weight is 386 g/mol. The lowest BCUT2D eigenvalue weighted by Crippen LogP contribution is -2.13. The first-order valence-corrected chi connectivity index (χ1v) is 8.21. The summed E-state index contributed by atoms with van der Waals surface area (Å²) in [6, 6.07) is 11.2. The summed E-state index contributed by atoms with van der Waals surface area (Å²) in [6.45, 7) is 0. The number of carbonyl (C=O) groups excluding carboxylic acids is 1. The Kier molecular flexibility index (Phi) is 4.18. The molecule has 0 fully saturated rings. The Bertz CT molecular complexity index is 1180. The van der Waals surface area contributed by atoms with Gasteiger partial charge in [-0.05, 0) is 42.5 Å². The standard InChI is InChI=1S/C20H13F3N2O3/c1-27-15-8-6-12(19(26)25-16-4-2-3-9-24-16)17-13-10-11(20(21,22)23)5-7-14(13)28-18(15)17/h2-10H,1H3,(H,24,25,26). The van der Waals surface area contributed by atoms with E-state index in [-0.39, 0.29) is 27.5 Å². The van der Waals surface area contributed by atoms with Gasteiger partial charge in [-0.2, -0.15) is 13.2 Å². The highest BCUT2D eigenvalue weighted by molar-refractivity contribution is 6.20. The van der Waals surface area contributed by atoms with Crippen molar-refractivity contribution in [2.24, 2.45) is 0 Å². The van der Waals surface area contributed by atoms with Gasteiger partial charge < -0.3 is 14.5 Å². The molecule has 0 bridgehead atoms. The largest absolute Gasteiger partial charge is 0.493 e. The average Bonchev–Trinajstić information content (AvgIpc) is 3.06. The number of hydrogen-bond donors (Lipinski definition) is 1. The van der Waals surface area contributed by atoms with Gasteiger partial charge in [0, 0.05) is 17.0 Å². The van der Waals surface area contributed by atoms with Crippen LogP contribution >= 0.6 is 0 Å². The lowest BCUT2D eigenvalue weighted by atomic mass is 10.0. The number of furan rings is 1. The highest BCUT2D eigenvalue weighted by Crippen LogP contribution is 2.40. The summed E-state index contributed by atoms with van der Waals surface area (Å²) >= 11 is 0. The smallest absolute Gasteiger partial charge is 0.416 e. The van der Waals surface area contributed by atoms with E-state index in [4.69, 9.17) is 9.15 Å². The van der Waals surface area contributed by atoms with Gasteiger partial charge in [0.2, 0.25) is 0 Å². The minimum atomic E-state index is -4.52. The van der Waals surface area contributed by atoms with Crippen LogP contribution in [-0.2, 0) is 6.18 Å². The van der Waals surface area contributed by atoms with E-state index in [0.29, 0.717) is 11.6 Å². The lowest BCUT2D eigenvalue weighted by molar-refractivity contribution is -0.137. The predicted molar refractivity (Wildman–Crippen MR) is 97.5 cm³/mol. The zero-order valence-corrected chi connectivity index (χ0v) is 14.5. The van der Waals surface area contributed by atoms with Crippen LogP contribution in [0.2, 0.25) is 0 Å². The lowest BCUT2D eigenvalue weighted by Gasteiger charge is -2.08. The molecular weight excluding hydrogens is 373 g/mol. The Labute approximate surface area is 156 Å². The molecule has 2 heterocycles. The molecule has 8 heteroatoms. The van der Waals surface area contributed by atoms with Crippen molar-refractivity contribution in [1.82, 2.24) is 4.98 Å². The van der Waals surface area contributed by atoms with Crippen molar-refractivity contribution in [2.45, 2.75) is 6.18 Å². The molecule has 5 nitrogen and oxygen atoms in total. The SMILES string of the molecule is COc1ccc(C(=O)Nc2ccccn2)c2c1oc1ccc(C(F)(F)F)cc12. The third-order valence-electron chi connectivity index (χ3n) is 4.28. The highest BCUT2D eigenvalue weighted by atomic mass is 19.4. The molecule has 4 rings (SSSR count). The normalized spacial score (nSPS) is 11.7. The maximum atomic E-state index is 13.2. The third-order valence-corrected chi connectivity index (χ3v) is 4.28. The van der Waals surface area contributed by atoms with Crippen LogP contribution in [0.1, 0.15) is 15.9 Å². The molecule has 0 spiro atoms. The van der Waals surface area contributed by atoms with Gasteiger partial charge in [-0.25, -0.2) is 4.98 Å². The second kappa shape index (κ2) is 6.56. The van der Waals surface area contributed by atoms with Gasteiger partial charge in [0.05, 0.1) is 18.2 Å². The van der Waals surface area contributed by atoms with Crippen molar-refractivity contribution in [3.63, 3.8) is 0 Å². The second-order valence-electron chi connectivity index (χ2n) is 6.00. The molecule has 0 saturated carbocycles. The van der Waals surface area contributed by atoms with Crippen LogP contribution in [0.15, 0.2) is 59.1 Å². The molecule has 4 aromatic rings. The van der Waals surface area contributed by atoms with E-state index in [1.807, 2.05) is 0 Å². The molecule has 28 heavy (non-hydrogen) atoms. The molecule has 0 unspecified atom stereocenters. The Morgan fingerprint density at radius 1 is 1.14 bits per heavy atom. The summed E-state index contributed by atoms with van der Waals surface area (Å²) in [5, 5.41) is 3.05. The van der Waals surface area contributed by atoms with E-state index in [1.54, 1.807) is 18.2 Å². The van der Waals surface area contributed by atoms with E-state index < -0.39 is 17.6 Å². The summed E-state index contributed by atoms with van der Waals surface area (Å²) < 4.78 is 50.5. The molecule has 1 amide bonds. The highest BCUT2D eigenvalue weighted by Gasteiger charge is 2.31. The maximum Gasteiger partial charge on any atom is 0.416 e. The van der Waals surface area contributed by atoms with E-state index in [1.165, 1.54) is 31.5 Å². The monoisotopic (exact) mass is 386 g/mol. The van der Waals surface area contributed by atoms with Crippen LogP contribution in [0.25, 0.3) is 21.9 Å². The number of nitrogens with zero attached hydrogens (tertiary/aromatic N) is 1. The molecule has 0 radical (unpaired) electrons. The minimum Gasteiger partial charge on any atom is -0.493 e. The number of anilines is 1. The molecule has 2 aromatic carbocycles. The first-order valence-electron chi connectivity index (χ1n) is 8.21. The number of aromatic nitrogens is 1. The number of benzene rings is 2. The molecule has 0 aliphatic rings. The maximum absolute atomic E-state index is 13.2.